The summed E-state index contributed by atoms with van der Waals surface area (Å²) in [5, 5.41) is 13.5. The van der Waals surface area contributed by atoms with Crippen molar-refractivity contribution in [1.82, 2.24) is 10.2 Å². The van der Waals surface area contributed by atoms with Crippen molar-refractivity contribution in [2.24, 2.45) is 0 Å². The second-order valence-corrected chi connectivity index (χ2v) is 7.82. The van der Waals surface area contributed by atoms with Crippen molar-refractivity contribution < 1.29 is 22.9 Å². The van der Waals surface area contributed by atoms with Crippen LogP contribution in [0.25, 0.3) is 0 Å². The third kappa shape index (κ3) is 4.75. The van der Waals surface area contributed by atoms with Crippen molar-refractivity contribution >= 4 is 27.3 Å². The lowest BCUT2D eigenvalue weighted by atomic mass is 10.1. The van der Waals surface area contributed by atoms with Gasteiger partial charge >= 0.3 is 0 Å². The molecule has 0 radical (unpaired) electrons. The van der Waals surface area contributed by atoms with Gasteiger partial charge in [0.2, 0.25) is 5.91 Å². The van der Waals surface area contributed by atoms with E-state index in [4.69, 9.17) is 0 Å². The van der Waals surface area contributed by atoms with E-state index in [1.165, 1.54) is 6.07 Å². The van der Waals surface area contributed by atoms with Gasteiger partial charge in [-0.05, 0) is 31.4 Å². The van der Waals surface area contributed by atoms with Crippen LogP contribution in [0.3, 0.4) is 0 Å². The summed E-state index contributed by atoms with van der Waals surface area (Å²) in [7, 11) is -3.80. The molecule has 2 rings (SSSR count). The molecule has 1 N–H and O–H groups in total. The summed E-state index contributed by atoms with van der Waals surface area (Å²) in [6.45, 7) is 1.10. The number of nitrogens with one attached hydrogen (secondary N) is 1. The second-order valence-electron chi connectivity index (χ2n) is 5.84. The molecule has 0 saturated carbocycles. The van der Waals surface area contributed by atoms with Gasteiger partial charge in [-0.2, -0.15) is 0 Å². The number of nitro benzene ring substituents is 1. The fraction of sp³-hybridized carbons (Fsp3) is 0.467. The Morgan fingerprint density at radius 3 is 2.44 bits per heavy atom. The fourth-order valence-electron chi connectivity index (χ4n) is 2.63. The molecule has 1 saturated heterocycles. The molecule has 25 heavy (non-hydrogen) atoms. The molecule has 10 heteroatoms. The smallest absolute Gasteiger partial charge is 0.288 e. The number of hydrogen-bond donors (Lipinski definition) is 1. The maximum absolute atomic E-state index is 12.1. The van der Waals surface area contributed by atoms with Crippen molar-refractivity contribution in [1.29, 1.82) is 0 Å². The third-order valence-electron chi connectivity index (χ3n) is 3.93. The van der Waals surface area contributed by atoms with Crippen LogP contribution in [0, 0.1) is 10.1 Å². The molecule has 9 nitrogen and oxygen atoms in total. The third-order valence-corrected chi connectivity index (χ3v) is 5.07. The lowest BCUT2D eigenvalue weighted by molar-refractivity contribution is -0.387. The molecular weight excluding hydrogens is 350 g/mol. The van der Waals surface area contributed by atoms with Crippen LogP contribution >= 0.6 is 0 Å². The van der Waals surface area contributed by atoms with Crippen LogP contribution in [0.2, 0.25) is 0 Å². The van der Waals surface area contributed by atoms with Crippen molar-refractivity contribution in [2.75, 3.05) is 25.9 Å². The van der Waals surface area contributed by atoms with Gasteiger partial charge in [0, 0.05) is 31.0 Å². The first kappa shape index (κ1) is 18.8. The highest BCUT2D eigenvalue weighted by Crippen LogP contribution is 2.24. The van der Waals surface area contributed by atoms with Crippen molar-refractivity contribution in [3.63, 3.8) is 0 Å². The van der Waals surface area contributed by atoms with Gasteiger partial charge in [-0.25, -0.2) is 8.42 Å². The Morgan fingerprint density at radius 2 is 1.88 bits per heavy atom. The molecule has 0 atom stereocenters. The topological polar surface area (TPSA) is 127 Å². The largest absolute Gasteiger partial charge is 0.343 e. The molecule has 136 valence electrons. The van der Waals surface area contributed by atoms with E-state index >= 15 is 0 Å². The Kier molecular flexibility index (Phi) is 5.73. The van der Waals surface area contributed by atoms with Gasteiger partial charge in [0.1, 0.15) is 4.90 Å². The highest BCUT2D eigenvalue weighted by Gasteiger charge is 2.24. The molecule has 1 aliphatic rings. The number of carbonyl (C=O) groups is 2. The second kappa shape index (κ2) is 7.60. The number of nitrogens with zero attached hydrogens (tertiary/aromatic N) is 2. The minimum absolute atomic E-state index is 0.0782. The molecule has 1 aromatic rings. The number of hydrogen-bond acceptors (Lipinski definition) is 6. The van der Waals surface area contributed by atoms with Gasteiger partial charge in [-0.3, -0.25) is 19.7 Å². The zero-order valence-electron chi connectivity index (χ0n) is 13.7. The van der Waals surface area contributed by atoms with E-state index in [1.54, 1.807) is 4.90 Å². The average molecular weight is 369 g/mol. The Morgan fingerprint density at radius 1 is 1.24 bits per heavy atom. The number of carbonyl (C=O) groups excluding carboxylic acids is 2. The molecular formula is C15H19N3O6S. The summed E-state index contributed by atoms with van der Waals surface area (Å²) in [6, 6.07) is 3.11. The standard InChI is InChI=1S/C15H19N3O6S/c1-25(23,24)13-6-5-11(9-12(13)18(21)22)15(20)16-10-14(19)17-7-3-2-4-8-17/h5-6,9H,2-4,7-8,10H2,1H3,(H,16,20). The van der Waals surface area contributed by atoms with Gasteiger partial charge in [0.05, 0.1) is 11.5 Å². The van der Waals surface area contributed by atoms with E-state index in [9.17, 15) is 28.1 Å². The number of rotatable bonds is 5. The molecule has 1 aliphatic heterocycles. The number of benzene rings is 1. The molecule has 0 bridgehead atoms. The summed E-state index contributed by atoms with van der Waals surface area (Å²) < 4.78 is 23.1. The number of amides is 2. The minimum atomic E-state index is -3.80. The highest BCUT2D eigenvalue weighted by molar-refractivity contribution is 7.90. The van der Waals surface area contributed by atoms with Gasteiger partial charge in [-0.15, -0.1) is 0 Å². The molecule has 1 heterocycles. The number of nitro groups is 1. The van der Waals surface area contributed by atoms with E-state index in [1.807, 2.05) is 0 Å². The van der Waals surface area contributed by atoms with E-state index < -0.39 is 31.3 Å². The lowest BCUT2D eigenvalue weighted by Crippen LogP contribution is -2.42. The summed E-state index contributed by atoms with van der Waals surface area (Å²) in [5.41, 5.74) is -0.747. The molecule has 1 fully saturated rings. The van der Waals surface area contributed by atoms with Crippen LogP contribution in [0.4, 0.5) is 5.69 Å². The zero-order valence-corrected chi connectivity index (χ0v) is 14.5. The Labute approximate surface area is 145 Å². The van der Waals surface area contributed by atoms with Crippen molar-refractivity contribution in [3.05, 3.63) is 33.9 Å². The van der Waals surface area contributed by atoms with Crippen LogP contribution in [-0.4, -0.2) is 55.9 Å². The molecule has 0 unspecified atom stereocenters. The van der Waals surface area contributed by atoms with E-state index in [2.05, 4.69) is 5.32 Å². The maximum atomic E-state index is 12.1. The first-order chi connectivity index (χ1) is 11.7. The minimum Gasteiger partial charge on any atom is -0.343 e. The lowest BCUT2D eigenvalue weighted by Gasteiger charge is -2.26. The fourth-order valence-corrected chi connectivity index (χ4v) is 3.46. The van der Waals surface area contributed by atoms with Gasteiger partial charge in [0.25, 0.3) is 11.6 Å². The van der Waals surface area contributed by atoms with Crippen molar-refractivity contribution in [2.45, 2.75) is 24.2 Å². The van der Waals surface area contributed by atoms with E-state index in [-0.39, 0.29) is 18.0 Å². The Bertz CT molecular complexity index is 799. The molecule has 0 spiro atoms. The quantitative estimate of drug-likeness (QED) is 0.602. The Balaban J connectivity index is 2.10. The van der Waals surface area contributed by atoms with E-state index in [0.717, 1.165) is 37.7 Å². The van der Waals surface area contributed by atoms with Gasteiger partial charge in [-0.1, -0.05) is 0 Å². The van der Waals surface area contributed by atoms with Crippen LogP contribution < -0.4 is 5.32 Å². The van der Waals surface area contributed by atoms with Gasteiger partial charge < -0.3 is 10.2 Å². The molecule has 0 aromatic heterocycles. The first-order valence-electron chi connectivity index (χ1n) is 7.74. The normalized spacial score (nSPS) is 14.8. The molecule has 2 amide bonds. The number of likely N-dealkylation sites (tertiary alicyclic amines) is 1. The first-order valence-corrected chi connectivity index (χ1v) is 9.64. The molecule has 1 aromatic carbocycles. The summed E-state index contributed by atoms with van der Waals surface area (Å²) in [4.78, 5) is 35.5. The number of piperidine rings is 1. The van der Waals surface area contributed by atoms with Gasteiger partial charge in [0.15, 0.2) is 9.84 Å². The monoisotopic (exact) mass is 369 g/mol. The molecule has 0 aliphatic carbocycles. The average Bonchev–Trinajstić information content (AvgIpc) is 2.58. The van der Waals surface area contributed by atoms with Crippen LogP contribution in [0.5, 0.6) is 0 Å². The van der Waals surface area contributed by atoms with Crippen LogP contribution in [-0.2, 0) is 14.6 Å². The predicted octanol–water partition coefficient (Wildman–Crippen LogP) is 0.741. The number of sulfone groups is 1. The maximum Gasteiger partial charge on any atom is 0.288 e. The van der Waals surface area contributed by atoms with Crippen LogP contribution in [0.1, 0.15) is 29.6 Å². The van der Waals surface area contributed by atoms with E-state index in [0.29, 0.717) is 13.1 Å². The summed E-state index contributed by atoms with van der Waals surface area (Å²) in [6.07, 6.45) is 3.79. The van der Waals surface area contributed by atoms with Crippen molar-refractivity contribution in [3.8, 4) is 0 Å². The Hall–Kier alpha value is -2.49. The SMILES string of the molecule is CS(=O)(=O)c1ccc(C(=O)NCC(=O)N2CCCCC2)cc1[N+](=O)[O-]. The predicted molar refractivity (Wildman–Crippen MR) is 89.0 cm³/mol. The summed E-state index contributed by atoms with van der Waals surface area (Å²) in [5.74, 6) is -0.885. The highest BCUT2D eigenvalue weighted by atomic mass is 32.2. The zero-order chi connectivity index (χ0) is 18.6. The van der Waals surface area contributed by atoms with Crippen LogP contribution in [0.15, 0.2) is 23.1 Å². The summed E-state index contributed by atoms with van der Waals surface area (Å²) >= 11 is 0.